The molecule has 2 aromatic heterocycles. The molecule has 2 N–H and O–H groups in total. The number of ether oxygens (including phenoxy) is 1. The minimum absolute atomic E-state index is 0.425. The maximum Gasteiger partial charge on any atom is 0.149 e. The molecule has 0 fully saturated rings. The summed E-state index contributed by atoms with van der Waals surface area (Å²) in [6, 6.07) is 21.9. The van der Waals surface area contributed by atoms with Crippen molar-refractivity contribution < 1.29 is 4.74 Å². The molecule has 0 aliphatic rings. The SMILES string of the molecule is Nc1ncccc1-n1nncc1Cc1ccc(OCc2ccccc2)cc1. The molecule has 4 rings (SSSR count). The van der Waals surface area contributed by atoms with Crippen LogP contribution in [0.2, 0.25) is 0 Å². The molecular weight excluding hydrogens is 338 g/mol. The zero-order valence-electron chi connectivity index (χ0n) is 14.7. The number of anilines is 1. The summed E-state index contributed by atoms with van der Waals surface area (Å²) in [4.78, 5) is 4.11. The fourth-order valence-electron chi connectivity index (χ4n) is 2.82. The fourth-order valence-corrected chi connectivity index (χ4v) is 2.82. The minimum atomic E-state index is 0.425. The topological polar surface area (TPSA) is 78.9 Å². The van der Waals surface area contributed by atoms with E-state index in [2.05, 4.69) is 15.3 Å². The van der Waals surface area contributed by atoms with Crippen molar-refractivity contribution in [1.29, 1.82) is 0 Å². The quantitative estimate of drug-likeness (QED) is 0.572. The number of nitrogens with two attached hydrogens (primary N) is 1. The molecule has 4 aromatic rings. The Balaban J connectivity index is 1.45. The van der Waals surface area contributed by atoms with E-state index in [1.165, 1.54) is 0 Å². The molecule has 2 aromatic carbocycles. The molecule has 0 amide bonds. The molecule has 0 saturated carbocycles. The summed E-state index contributed by atoms with van der Waals surface area (Å²) in [5.41, 5.74) is 9.90. The van der Waals surface area contributed by atoms with Crippen molar-refractivity contribution in [2.75, 3.05) is 5.73 Å². The van der Waals surface area contributed by atoms with Gasteiger partial charge in [0.15, 0.2) is 0 Å². The van der Waals surface area contributed by atoms with Crippen LogP contribution in [0.1, 0.15) is 16.8 Å². The Morgan fingerprint density at radius 2 is 1.70 bits per heavy atom. The Morgan fingerprint density at radius 1 is 0.889 bits per heavy atom. The molecule has 0 spiro atoms. The second kappa shape index (κ2) is 7.70. The first kappa shape index (κ1) is 16.8. The number of hydrogen-bond acceptors (Lipinski definition) is 5. The van der Waals surface area contributed by atoms with E-state index in [1.807, 2.05) is 66.7 Å². The van der Waals surface area contributed by atoms with Gasteiger partial charge in [0.2, 0.25) is 0 Å². The lowest BCUT2D eigenvalue weighted by molar-refractivity contribution is 0.306. The van der Waals surface area contributed by atoms with Crippen LogP contribution in [0, 0.1) is 0 Å². The number of aromatic nitrogens is 4. The second-order valence-electron chi connectivity index (χ2n) is 6.14. The first-order valence-corrected chi connectivity index (χ1v) is 8.66. The van der Waals surface area contributed by atoms with E-state index in [0.717, 1.165) is 28.3 Å². The molecule has 2 heterocycles. The van der Waals surface area contributed by atoms with Crippen molar-refractivity contribution in [3.8, 4) is 11.4 Å². The van der Waals surface area contributed by atoms with Gasteiger partial charge in [-0.15, -0.1) is 5.10 Å². The number of nitrogens with zero attached hydrogens (tertiary/aromatic N) is 4. The molecular formula is C21H19N5O. The highest BCUT2D eigenvalue weighted by molar-refractivity contribution is 5.51. The van der Waals surface area contributed by atoms with E-state index in [9.17, 15) is 0 Å². The maximum absolute atomic E-state index is 5.96. The largest absolute Gasteiger partial charge is 0.489 e. The standard InChI is InChI=1S/C21H19N5O/c22-21-20(7-4-12-23-21)26-18(14-24-25-26)13-16-8-10-19(11-9-16)27-15-17-5-2-1-3-6-17/h1-12,14H,13,15H2,(H2,22,23). The van der Waals surface area contributed by atoms with Crippen LogP contribution >= 0.6 is 0 Å². The van der Waals surface area contributed by atoms with E-state index >= 15 is 0 Å². The van der Waals surface area contributed by atoms with E-state index in [4.69, 9.17) is 10.5 Å². The Hall–Kier alpha value is -3.67. The molecule has 0 aliphatic heterocycles. The summed E-state index contributed by atoms with van der Waals surface area (Å²) >= 11 is 0. The Labute approximate surface area is 157 Å². The van der Waals surface area contributed by atoms with Gasteiger partial charge in [-0.05, 0) is 35.4 Å². The third-order valence-corrected chi connectivity index (χ3v) is 4.22. The lowest BCUT2D eigenvalue weighted by Gasteiger charge is -2.09. The van der Waals surface area contributed by atoms with Crippen LogP contribution < -0.4 is 10.5 Å². The van der Waals surface area contributed by atoms with Gasteiger partial charge >= 0.3 is 0 Å². The van der Waals surface area contributed by atoms with Gasteiger partial charge in [-0.2, -0.15) is 0 Å². The third-order valence-electron chi connectivity index (χ3n) is 4.22. The summed E-state index contributed by atoms with van der Waals surface area (Å²) in [7, 11) is 0. The summed E-state index contributed by atoms with van der Waals surface area (Å²) in [6.07, 6.45) is 4.08. The van der Waals surface area contributed by atoms with Crippen molar-refractivity contribution >= 4 is 5.82 Å². The van der Waals surface area contributed by atoms with Crippen molar-refractivity contribution in [2.45, 2.75) is 13.0 Å². The predicted octanol–water partition coefficient (Wildman–Crippen LogP) is 3.41. The zero-order valence-corrected chi connectivity index (χ0v) is 14.7. The van der Waals surface area contributed by atoms with Crippen LogP contribution in [-0.4, -0.2) is 20.0 Å². The lowest BCUT2D eigenvalue weighted by Crippen LogP contribution is -2.07. The molecule has 0 saturated heterocycles. The van der Waals surface area contributed by atoms with Gasteiger partial charge in [-0.25, -0.2) is 9.67 Å². The number of rotatable bonds is 6. The Kier molecular flexibility index (Phi) is 4.78. The molecule has 6 heteroatoms. The molecule has 0 bridgehead atoms. The van der Waals surface area contributed by atoms with E-state index in [0.29, 0.717) is 18.8 Å². The smallest absolute Gasteiger partial charge is 0.149 e. The Bertz CT molecular complexity index is 1010. The number of pyridine rings is 1. The molecule has 0 unspecified atom stereocenters. The van der Waals surface area contributed by atoms with E-state index in [-0.39, 0.29) is 0 Å². The van der Waals surface area contributed by atoms with Crippen LogP contribution in [0.15, 0.2) is 79.1 Å². The Morgan fingerprint density at radius 3 is 2.48 bits per heavy atom. The highest BCUT2D eigenvalue weighted by atomic mass is 16.5. The maximum atomic E-state index is 5.96. The van der Waals surface area contributed by atoms with Crippen LogP contribution in [0.25, 0.3) is 5.69 Å². The first-order valence-electron chi connectivity index (χ1n) is 8.66. The molecule has 134 valence electrons. The summed E-state index contributed by atoms with van der Waals surface area (Å²) in [5, 5.41) is 8.17. The molecule has 27 heavy (non-hydrogen) atoms. The molecule has 6 nitrogen and oxygen atoms in total. The van der Waals surface area contributed by atoms with Crippen LogP contribution in [0.3, 0.4) is 0 Å². The van der Waals surface area contributed by atoms with Crippen LogP contribution in [-0.2, 0) is 13.0 Å². The highest BCUT2D eigenvalue weighted by Gasteiger charge is 2.10. The third kappa shape index (κ3) is 3.95. The van der Waals surface area contributed by atoms with Gasteiger partial charge in [0.1, 0.15) is 23.9 Å². The predicted molar refractivity (Wildman–Crippen MR) is 104 cm³/mol. The molecule has 0 atom stereocenters. The van der Waals surface area contributed by atoms with E-state index in [1.54, 1.807) is 17.1 Å². The monoisotopic (exact) mass is 357 g/mol. The van der Waals surface area contributed by atoms with Crippen LogP contribution in [0.5, 0.6) is 5.75 Å². The van der Waals surface area contributed by atoms with Crippen molar-refractivity contribution in [1.82, 2.24) is 20.0 Å². The average Bonchev–Trinajstić information content (AvgIpc) is 3.16. The van der Waals surface area contributed by atoms with Gasteiger partial charge in [0.25, 0.3) is 0 Å². The van der Waals surface area contributed by atoms with Gasteiger partial charge in [-0.3, -0.25) is 0 Å². The second-order valence-corrected chi connectivity index (χ2v) is 6.14. The van der Waals surface area contributed by atoms with Gasteiger partial charge in [0, 0.05) is 12.6 Å². The average molecular weight is 357 g/mol. The van der Waals surface area contributed by atoms with Crippen molar-refractivity contribution in [3.05, 3.63) is 95.9 Å². The van der Waals surface area contributed by atoms with Crippen molar-refractivity contribution in [3.63, 3.8) is 0 Å². The zero-order chi connectivity index (χ0) is 18.5. The minimum Gasteiger partial charge on any atom is -0.489 e. The summed E-state index contributed by atoms with van der Waals surface area (Å²) < 4.78 is 7.56. The summed E-state index contributed by atoms with van der Waals surface area (Å²) in [6.45, 7) is 0.553. The number of benzene rings is 2. The van der Waals surface area contributed by atoms with Gasteiger partial charge in [-0.1, -0.05) is 47.7 Å². The van der Waals surface area contributed by atoms with Gasteiger partial charge in [0.05, 0.1) is 11.9 Å². The number of hydrogen-bond donors (Lipinski definition) is 1. The highest BCUT2D eigenvalue weighted by Crippen LogP contribution is 2.19. The van der Waals surface area contributed by atoms with Crippen LogP contribution in [0.4, 0.5) is 5.82 Å². The molecule has 0 radical (unpaired) electrons. The normalized spacial score (nSPS) is 10.7. The number of nitrogen functional groups attached to an aromatic ring is 1. The van der Waals surface area contributed by atoms with Gasteiger partial charge < -0.3 is 10.5 Å². The lowest BCUT2D eigenvalue weighted by atomic mass is 10.1. The summed E-state index contributed by atoms with van der Waals surface area (Å²) in [5.74, 6) is 1.26. The fraction of sp³-hybridized carbons (Fsp3) is 0.0952. The van der Waals surface area contributed by atoms with Crippen molar-refractivity contribution in [2.24, 2.45) is 0 Å². The van der Waals surface area contributed by atoms with E-state index < -0.39 is 0 Å². The first-order chi connectivity index (χ1) is 13.3. The molecule has 0 aliphatic carbocycles.